The van der Waals surface area contributed by atoms with E-state index in [0.717, 1.165) is 17.7 Å². The summed E-state index contributed by atoms with van der Waals surface area (Å²) in [5.74, 6) is 0.662. The van der Waals surface area contributed by atoms with Crippen molar-refractivity contribution in [1.29, 1.82) is 0 Å². The van der Waals surface area contributed by atoms with E-state index in [9.17, 15) is 12.8 Å². The van der Waals surface area contributed by atoms with Gasteiger partial charge in [-0.25, -0.2) is 17.5 Å². The molecule has 0 spiro atoms. The minimum atomic E-state index is -3.77. The van der Waals surface area contributed by atoms with Crippen LogP contribution in [-0.2, 0) is 23.1 Å². The summed E-state index contributed by atoms with van der Waals surface area (Å²) < 4.78 is 41.7. The van der Waals surface area contributed by atoms with Crippen molar-refractivity contribution in [3.63, 3.8) is 0 Å². The molecule has 1 aromatic carbocycles. The first kappa shape index (κ1) is 19.4. The van der Waals surface area contributed by atoms with Gasteiger partial charge in [0.2, 0.25) is 10.0 Å². The van der Waals surface area contributed by atoms with E-state index in [1.165, 1.54) is 23.9 Å². The molecule has 6 nitrogen and oxygen atoms in total. The lowest BCUT2D eigenvalue weighted by Crippen LogP contribution is -2.25. The Kier molecular flexibility index (Phi) is 6.51. The first-order valence-electron chi connectivity index (χ1n) is 7.39. The van der Waals surface area contributed by atoms with Crippen molar-refractivity contribution < 1.29 is 12.8 Å². The zero-order valence-electron chi connectivity index (χ0n) is 13.8. The Morgan fingerprint density at radius 1 is 1.36 bits per heavy atom. The topological polar surface area (TPSA) is 76.9 Å². The lowest BCUT2D eigenvalue weighted by Gasteiger charge is -2.09. The summed E-state index contributed by atoms with van der Waals surface area (Å²) in [5, 5.41) is 8.81. The van der Waals surface area contributed by atoms with Gasteiger partial charge in [0.25, 0.3) is 0 Å². The molecule has 25 heavy (non-hydrogen) atoms. The maximum atomic E-state index is 12.9. The third kappa shape index (κ3) is 5.25. The van der Waals surface area contributed by atoms with Crippen LogP contribution in [-0.4, -0.2) is 28.9 Å². The van der Waals surface area contributed by atoms with Crippen molar-refractivity contribution in [3.8, 4) is 0 Å². The third-order valence-electron chi connectivity index (χ3n) is 3.10. The van der Waals surface area contributed by atoms with Crippen molar-refractivity contribution in [2.75, 3.05) is 5.75 Å². The minimum Gasteiger partial charge on any atom is -0.301 e. The quantitative estimate of drug-likeness (QED) is 0.533. The highest BCUT2D eigenvalue weighted by molar-refractivity contribution is 7.99. The SMILES string of the molecule is C=CCn1c(CNS(=O)(=O)c2ccc(F)cc2)nnc1SCC(=C)C. The van der Waals surface area contributed by atoms with E-state index in [4.69, 9.17) is 0 Å². The van der Waals surface area contributed by atoms with Gasteiger partial charge in [0.05, 0.1) is 11.4 Å². The molecule has 0 aliphatic rings. The standard InChI is InChI=1S/C16H19FN4O2S2/c1-4-9-21-15(19-20-16(21)24-11-12(2)3)10-18-25(22,23)14-7-5-13(17)6-8-14/h4-8,18H,1-2,9-11H2,3H3. The molecule has 0 aliphatic heterocycles. The number of halogens is 1. The molecular weight excluding hydrogens is 363 g/mol. The summed E-state index contributed by atoms with van der Waals surface area (Å²) in [4.78, 5) is -0.0134. The average molecular weight is 382 g/mol. The third-order valence-corrected chi connectivity index (χ3v) is 5.71. The first-order chi connectivity index (χ1) is 11.8. The zero-order valence-corrected chi connectivity index (χ0v) is 15.4. The molecule has 1 N–H and O–H groups in total. The van der Waals surface area contributed by atoms with Crippen molar-refractivity contribution >= 4 is 21.8 Å². The van der Waals surface area contributed by atoms with Crippen LogP contribution >= 0.6 is 11.8 Å². The Bertz CT molecular complexity index is 861. The maximum absolute atomic E-state index is 12.9. The predicted molar refractivity (Wildman–Crippen MR) is 96.2 cm³/mol. The molecule has 0 unspecified atom stereocenters. The Hall–Kier alpha value is -1.97. The molecule has 0 saturated heterocycles. The van der Waals surface area contributed by atoms with Crippen LogP contribution in [0.4, 0.5) is 4.39 Å². The number of hydrogen-bond donors (Lipinski definition) is 1. The normalized spacial score (nSPS) is 11.4. The van der Waals surface area contributed by atoms with Gasteiger partial charge in [0.1, 0.15) is 11.6 Å². The van der Waals surface area contributed by atoms with E-state index >= 15 is 0 Å². The molecule has 0 aliphatic carbocycles. The molecule has 2 aromatic rings. The Balaban J connectivity index is 2.15. The van der Waals surface area contributed by atoms with Gasteiger partial charge in [-0.05, 0) is 31.2 Å². The molecule has 0 bridgehead atoms. The van der Waals surface area contributed by atoms with Gasteiger partial charge in [-0.15, -0.1) is 16.8 Å². The number of aromatic nitrogens is 3. The van der Waals surface area contributed by atoms with Gasteiger partial charge < -0.3 is 4.57 Å². The fraction of sp³-hybridized carbons (Fsp3) is 0.250. The lowest BCUT2D eigenvalue weighted by atomic mass is 10.4. The summed E-state index contributed by atoms with van der Waals surface area (Å²) in [6.07, 6.45) is 1.69. The van der Waals surface area contributed by atoms with Crippen molar-refractivity contribution in [2.45, 2.75) is 30.1 Å². The first-order valence-corrected chi connectivity index (χ1v) is 9.85. The number of sulfonamides is 1. The molecule has 0 fully saturated rings. The maximum Gasteiger partial charge on any atom is 0.240 e. The van der Waals surface area contributed by atoms with Crippen LogP contribution in [0.1, 0.15) is 12.7 Å². The Labute approximate surface area is 150 Å². The van der Waals surface area contributed by atoms with Gasteiger partial charge in [-0.2, -0.15) is 0 Å². The summed E-state index contributed by atoms with van der Waals surface area (Å²) >= 11 is 1.47. The van der Waals surface area contributed by atoms with Gasteiger partial charge >= 0.3 is 0 Å². The predicted octanol–water partition coefficient (Wildman–Crippen LogP) is 2.75. The van der Waals surface area contributed by atoms with Gasteiger partial charge in [0.15, 0.2) is 5.16 Å². The van der Waals surface area contributed by atoms with E-state index in [2.05, 4.69) is 28.1 Å². The smallest absolute Gasteiger partial charge is 0.240 e. The highest BCUT2D eigenvalue weighted by Gasteiger charge is 2.17. The molecule has 0 amide bonds. The molecule has 1 heterocycles. The number of thioether (sulfide) groups is 1. The number of allylic oxidation sites excluding steroid dienone is 1. The fourth-order valence-electron chi connectivity index (χ4n) is 1.91. The van der Waals surface area contributed by atoms with Gasteiger partial charge in [-0.3, -0.25) is 0 Å². The lowest BCUT2D eigenvalue weighted by molar-refractivity contribution is 0.574. The van der Waals surface area contributed by atoms with Crippen LogP contribution in [0.3, 0.4) is 0 Å². The second-order valence-electron chi connectivity index (χ2n) is 5.32. The monoisotopic (exact) mass is 382 g/mol. The van der Waals surface area contributed by atoms with Crippen molar-refractivity contribution in [1.82, 2.24) is 19.5 Å². The summed E-state index contributed by atoms with van der Waals surface area (Å²) in [5.41, 5.74) is 0.997. The van der Waals surface area contributed by atoms with E-state index < -0.39 is 15.8 Å². The molecule has 0 radical (unpaired) electrons. The molecule has 0 atom stereocenters. The summed E-state index contributed by atoms with van der Waals surface area (Å²) in [6, 6.07) is 4.61. The van der Waals surface area contributed by atoms with E-state index in [1.54, 1.807) is 10.6 Å². The van der Waals surface area contributed by atoms with Gasteiger partial charge in [-0.1, -0.05) is 30.0 Å². The number of rotatable bonds is 9. The van der Waals surface area contributed by atoms with Crippen LogP contribution in [0.2, 0.25) is 0 Å². The number of benzene rings is 1. The second-order valence-corrected chi connectivity index (χ2v) is 8.03. The Morgan fingerprint density at radius 3 is 2.64 bits per heavy atom. The fourth-order valence-corrected chi connectivity index (χ4v) is 3.70. The summed E-state index contributed by atoms with van der Waals surface area (Å²) in [6.45, 7) is 9.88. The van der Waals surface area contributed by atoms with Crippen LogP contribution in [0.15, 0.2) is 59.1 Å². The van der Waals surface area contributed by atoms with Crippen molar-refractivity contribution in [2.24, 2.45) is 0 Å². The molecule has 9 heteroatoms. The van der Waals surface area contributed by atoms with E-state index in [1.807, 2.05) is 6.92 Å². The molecule has 134 valence electrons. The van der Waals surface area contributed by atoms with Crippen LogP contribution in [0, 0.1) is 5.82 Å². The Morgan fingerprint density at radius 2 is 2.04 bits per heavy atom. The van der Waals surface area contributed by atoms with E-state index in [0.29, 0.717) is 23.3 Å². The largest absolute Gasteiger partial charge is 0.301 e. The average Bonchev–Trinajstić information content (AvgIpc) is 2.94. The number of hydrogen-bond acceptors (Lipinski definition) is 5. The van der Waals surface area contributed by atoms with Crippen LogP contribution in [0.5, 0.6) is 0 Å². The highest BCUT2D eigenvalue weighted by Crippen LogP contribution is 2.19. The molecular formula is C16H19FN4O2S2. The number of nitrogens with zero attached hydrogens (tertiary/aromatic N) is 3. The second kappa shape index (κ2) is 8.41. The summed E-state index contributed by atoms with van der Waals surface area (Å²) in [7, 11) is -3.77. The van der Waals surface area contributed by atoms with Crippen LogP contribution < -0.4 is 4.72 Å². The van der Waals surface area contributed by atoms with Gasteiger partial charge in [0, 0.05) is 12.3 Å². The molecule has 1 aromatic heterocycles. The van der Waals surface area contributed by atoms with E-state index in [-0.39, 0.29) is 11.4 Å². The highest BCUT2D eigenvalue weighted by atomic mass is 32.2. The van der Waals surface area contributed by atoms with Crippen LogP contribution in [0.25, 0.3) is 0 Å². The minimum absolute atomic E-state index is 0.0134. The van der Waals surface area contributed by atoms with Crippen molar-refractivity contribution in [3.05, 3.63) is 60.7 Å². The zero-order chi connectivity index (χ0) is 18.4. The molecule has 2 rings (SSSR count). The number of nitrogens with one attached hydrogen (secondary N) is 1. The molecule has 0 saturated carbocycles.